The van der Waals surface area contributed by atoms with Crippen LogP contribution in [0.5, 0.6) is 23.0 Å². The van der Waals surface area contributed by atoms with Gasteiger partial charge in [0.1, 0.15) is 23.0 Å². The predicted molar refractivity (Wildman–Crippen MR) is 136 cm³/mol. The number of aryl methyl sites for hydroxylation is 2. The smallest absolute Gasteiger partial charge is 0.206 e. The van der Waals surface area contributed by atoms with Gasteiger partial charge < -0.3 is 9.47 Å². The first-order valence-electron chi connectivity index (χ1n) is 10.0. The van der Waals surface area contributed by atoms with Gasteiger partial charge in [-0.2, -0.15) is 0 Å². The van der Waals surface area contributed by atoms with Gasteiger partial charge in [-0.25, -0.2) is 8.42 Å². The molecule has 0 aliphatic carbocycles. The first-order valence-corrected chi connectivity index (χ1v) is 13.1. The first kappa shape index (κ1) is 23.5. The van der Waals surface area contributed by atoms with Crippen molar-refractivity contribution in [2.75, 3.05) is 0 Å². The van der Waals surface area contributed by atoms with E-state index in [0.717, 1.165) is 20.1 Å². The lowest BCUT2D eigenvalue weighted by atomic mass is 10.2. The molecule has 0 fully saturated rings. The van der Waals surface area contributed by atoms with Crippen molar-refractivity contribution in [1.82, 2.24) is 0 Å². The van der Waals surface area contributed by atoms with Gasteiger partial charge in [-0.05, 0) is 110 Å². The Morgan fingerprint density at radius 1 is 0.606 bits per heavy atom. The number of benzene rings is 4. The third kappa shape index (κ3) is 5.66. The Bertz CT molecular complexity index is 1380. The summed E-state index contributed by atoms with van der Waals surface area (Å²) in [7, 11) is -3.67. The molecule has 0 aliphatic rings. The summed E-state index contributed by atoms with van der Waals surface area (Å²) in [5.41, 5.74) is 2.03. The number of rotatable bonds is 6. The molecule has 4 aromatic carbocycles. The molecule has 4 rings (SSSR count). The molecular formula is C26H20Br2O4S. The van der Waals surface area contributed by atoms with E-state index < -0.39 is 9.84 Å². The van der Waals surface area contributed by atoms with Crippen LogP contribution in [-0.2, 0) is 9.84 Å². The average Bonchev–Trinajstić information content (AvgIpc) is 2.76. The molecule has 0 aromatic heterocycles. The number of halogens is 2. The van der Waals surface area contributed by atoms with E-state index in [4.69, 9.17) is 9.47 Å². The van der Waals surface area contributed by atoms with Crippen molar-refractivity contribution in [2.24, 2.45) is 0 Å². The van der Waals surface area contributed by atoms with Crippen LogP contribution in [0.25, 0.3) is 0 Å². The molecule has 33 heavy (non-hydrogen) atoms. The van der Waals surface area contributed by atoms with Crippen LogP contribution in [0.15, 0.2) is 104 Å². The summed E-state index contributed by atoms with van der Waals surface area (Å²) in [6, 6.07) is 24.3. The molecule has 168 valence electrons. The van der Waals surface area contributed by atoms with Gasteiger partial charge in [0.25, 0.3) is 0 Å². The summed E-state index contributed by atoms with van der Waals surface area (Å²) in [5.74, 6) is 2.51. The molecule has 0 atom stereocenters. The maximum Gasteiger partial charge on any atom is 0.206 e. The third-order valence-corrected chi connectivity index (χ3v) is 7.62. The van der Waals surface area contributed by atoms with Crippen molar-refractivity contribution < 1.29 is 17.9 Å². The van der Waals surface area contributed by atoms with Crippen molar-refractivity contribution in [3.05, 3.63) is 105 Å². The topological polar surface area (TPSA) is 52.6 Å². The number of ether oxygens (including phenoxy) is 2. The Kier molecular flexibility index (Phi) is 6.93. The molecule has 4 nitrogen and oxygen atoms in total. The second-order valence-corrected chi connectivity index (χ2v) is 11.3. The molecule has 4 aromatic rings. The highest BCUT2D eigenvalue weighted by Crippen LogP contribution is 2.31. The van der Waals surface area contributed by atoms with Crippen LogP contribution >= 0.6 is 31.9 Å². The van der Waals surface area contributed by atoms with Crippen molar-refractivity contribution in [1.29, 1.82) is 0 Å². The van der Waals surface area contributed by atoms with Gasteiger partial charge >= 0.3 is 0 Å². The van der Waals surface area contributed by atoms with E-state index in [9.17, 15) is 8.42 Å². The molecule has 0 amide bonds. The van der Waals surface area contributed by atoms with Gasteiger partial charge in [0.15, 0.2) is 0 Å². The first-order chi connectivity index (χ1) is 15.7. The van der Waals surface area contributed by atoms with E-state index in [1.807, 2.05) is 50.2 Å². The fourth-order valence-corrected chi connectivity index (χ4v) is 5.59. The molecule has 0 N–H and O–H groups in total. The zero-order valence-electron chi connectivity index (χ0n) is 17.9. The highest BCUT2D eigenvalue weighted by molar-refractivity contribution is 9.10. The lowest BCUT2D eigenvalue weighted by Gasteiger charge is -2.11. The zero-order chi connectivity index (χ0) is 23.6. The van der Waals surface area contributed by atoms with Crippen LogP contribution in [0.1, 0.15) is 11.1 Å². The Morgan fingerprint density at radius 2 is 1.18 bits per heavy atom. The van der Waals surface area contributed by atoms with E-state index in [2.05, 4.69) is 31.9 Å². The molecule has 0 unspecified atom stereocenters. The van der Waals surface area contributed by atoms with E-state index in [-0.39, 0.29) is 9.79 Å². The van der Waals surface area contributed by atoms with Gasteiger partial charge in [0, 0.05) is 8.95 Å². The van der Waals surface area contributed by atoms with E-state index in [0.29, 0.717) is 23.0 Å². The fourth-order valence-electron chi connectivity index (χ4n) is 3.26. The van der Waals surface area contributed by atoms with Crippen LogP contribution in [0, 0.1) is 13.8 Å². The van der Waals surface area contributed by atoms with Gasteiger partial charge in [0.2, 0.25) is 9.84 Å². The van der Waals surface area contributed by atoms with E-state index in [1.54, 1.807) is 48.5 Å². The second-order valence-electron chi connectivity index (χ2n) is 7.52. The summed E-state index contributed by atoms with van der Waals surface area (Å²) in [4.78, 5) is 0.386. The standard InChI is InChI=1S/C26H20Br2O4S/c1-17-13-20(28)16-23(14-17)31-21-4-8-24(9-5-21)33(29,30)25-10-6-22(7-11-25)32-26-12-3-19(27)15-18(26)2/h3-16H,1-2H3. The van der Waals surface area contributed by atoms with Gasteiger partial charge in [0.05, 0.1) is 9.79 Å². The SMILES string of the molecule is Cc1cc(Br)cc(Oc2ccc(S(=O)(=O)c3ccc(Oc4ccc(Br)cc4C)cc3)cc2)c1. The second kappa shape index (κ2) is 9.71. The van der Waals surface area contributed by atoms with Crippen LogP contribution < -0.4 is 9.47 Å². The van der Waals surface area contributed by atoms with Crippen LogP contribution in [0.4, 0.5) is 0 Å². The molecule has 0 saturated carbocycles. The number of hydrogen-bond donors (Lipinski definition) is 0. The van der Waals surface area contributed by atoms with E-state index >= 15 is 0 Å². The molecule has 0 bridgehead atoms. The fraction of sp³-hybridized carbons (Fsp3) is 0.0769. The quantitative estimate of drug-likeness (QED) is 0.228. The molecule has 0 aliphatic heterocycles. The molecule has 7 heteroatoms. The molecule has 0 heterocycles. The minimum atomic E-state index is -3.67. The Labute approximate surface area is 210 Å². The third-order valence-electron chi connectivity index (χ3n) is 4.88. The molecule has 0 radical (unpaired) electrons. The molecular weight excluding hydrogens is 568 g/mol. The van der Waals surface area contributed by atoms with Crippen molar-refractivity contribution in [2.45, 2.75) is 23.6 Å². The highest BCUT2D eigenvalue weighted by Gasteiger charge is 2.18. The summed E-state index contributed by atoms with van der Waals surface area (Å²) >= 11 is 6.88. The van der Waals surface area contributed by atoms with Gasteiger partial charge in [-0.3, -0.25) is 0 Å². The summed E-state index contributed by atoms with van der Waals surface area (Å²) in [6.07, 6.45) is 0. The maximum absolute atomic E-state index is 13.1. The highest BCUT2D eigenvalue weighted by atomic mass is 79.9. The zero-order valence-corrected chi connectivity index (χ0v) is 21.9. The lowest BCUT2D eigenvalue weighted by molar-refractivity contribution is 0.478. The Morgan fingerprint density at radius 3 is 1.73 bits per heavy atom. The van der Waals surface area contributed by atoms with Crippen molar-refractivity contribution in [3.63, 3.8) is 0 Å². The monoisotopic (exact) mass is 586 g/mol. The van der Waals surface area contributed by atoms with E-state index in [1.165, 1.54) is 0 Å². The number of sulfone groups is 1. The van der Waals surface area contributed by atoms with Gasteiger partial charge in [-0.1, -0.05) is 31.9 Å². The van der Waals surface area contributed by atoms with Crippen LogP contribution in [0.3, 0.4) is 0 Å². The summed E-state index contributed by atoms with van der Waals surface area (Å²) in [6.45, 7) is 3.92. The summed E-state index contributed by atoms with van der Waals surface area (Å²) in [5, 5.41) is 0. The van der Waals surface area contributed by atoms with Crippen molar-refractivity contribution in [3.8, 4) is 23.0 Å². The number of hydrogen-bond acceptors (Lipinski definition) is 4. The normalized spacial score (nSPS) is 11.3. The average molecular weight is 588 g/mol. The summed E-state index contributed by atoms with van der Waals surface area (Å²) < 4.78 is 39.8. The Balaban J connectivity index is 1.50. The maximum atomic E-state index is 13.1. The predicted octanol–water partition coefficient (Wildman–Crippen LogP) is 8.25. The van der Waals surface area contributed by atoms with Crippen LogP contribution in [0.2, 0.25) is 0 Å². The minimum Gasteiger partial charge on any atom is -0.457 e. The largest absolute Gasteiger partial charge is 0.457 e. The Hall–Kier alpha value is -2.61. The van der Waals surface area contributed by atoms with Gasteiger partial charge in [-0.15, -0.1) is 0 Å². The van der Waals surface area contributed by atoms with Crippen LogP contribution in [-0.4, -0.2) is 8.42 Å². The minimum absolute atomic E-state index is 0.192. The van der Waals surface area contributed by atoms with Crippen molar-refractivity contribution >= 4 is 41.7 Å². The molecule has 0 saturated heterocycles. The molecule has 0 spiro atoms. The lowest BCUT2D eigenvalue weighted by Crippen LogP contribution is -2.02.